The SMILES string of the molecule is CCC(C)C(NC(=O)C(CC(N)=O)NC(=O)C(C)N)C(=O)NC(CCC(N)=O)C(=O)O. The molecule has 0 aromatic carbocycles. The van der Waals surface area contributed by atoms with Gasteiger partial charge in [0.25, 0.3) is 0 Å². The van der Waals surface area contributed by atoms with Gasteiger partial charge in [-0.15, -0.1) is 0 Å². The van der Waals surface area contributed by atoms with E-state index in [1.54, 1.807) is 13.8 Å². The molecule has 0 rings (SSSR count). The molecule has 13 nitrogen and oxygen atoms in total. The Morgan fingerprint density at radius 1 is 0.839 bits per heavy atom. The first-order valence-corrected chi connectivity index (χ1v) is 9.76. The number of carboxylic acid groups (broad SMARTS) is 1. The van der Waals surface area contributed by atoms with E-state index in [0.717, 1.165) is 0 Å². The standard InChI is InChI=1S/C18H32N6O7/c1-4-8(2)14(17(29)22-10(18(30)31)5-6-12(20)25)24-16(28)11(7-13(21)26)23-15(27)9(3)19/h8-11,14H,4-7,19H2,1-3H3,(H2,20,25)(H2,21,26)(H,22,29)(H,23,27)(H,24,28)(H,30,31). The van der Waals surface area contributed by atoms with Crippen molar-refractivity contribution in [3.8, 4) is 0 Å². The lowest BCUT2D eigenvalue weighted by molar-refractivity contribution is -0.143. The van der Waals surface area contributed by atoms with Gasteiger partial charge in [-0.25, -0.2) is 4.79 Å². The van der Waals surface area contributed by atoms with E-state index >= 15 is 0 Å². The van der Waals surface area contributed by atoms with E-state index in [4.69, 9.17) is 17.2 Å². The summed E-state index contributed by atoms with van der Waals surface area (Å²) in [5.74, 6) is -5.79. The highest BCUT2D eigenvalue weighted by atomic mass is 16.4. The van der Waals surface area contributed by atoms with Crippen LogP contribution >= 0.6 is 0 Å². The van der Waals surface area contributed by atoms with Gasteiger partial charge in [0, 0.05) is 6.42 Å². The van der Waals surface area contributed by atoms with Gasteiger partial charge in [0.05, 0.1) is 12.5 Å². The van der Waals surface area contributed by atoms with Gasteiger partial charge < -0.3 is 38.3 Å². The number of carbonyl (C=O) groups excluding carboxylic acids is 5. The van der Waals surface area contributed by atoms with E-state index in [9.17, 15) is 33.9 Å². The average molecular weight is 444 g/mol. The van der Waals surface area contributed by atoms with Gasteiger partial charge in [-0.2, -0.15) is 0 Å². The molecule has 0 saturated carbocycles. The summed E-state index contributed by atoms with van der Waals surface area (Å²) in [5.41, 5.74) is 15.6. The Bertz CT molecular complexity index is 697. The second kappa shape index (κ2) is 13.2. The van der Waals surface area contributed by atoms with Crippen molar-refractivity contribution in [2.75, 3.05) is 0 Å². The zero-order valence-corrected chi connectivity index (χ0v) is 17.8. The summed E-state index contributed by atoms with van der Waals surface area (Å²) >= 11 is 0. The molecule has 0 aromatic rings. The highest BCUT2D eigenvalue weighted by molar-refractivity contribution is 5.96. The number of carbonyl (C=O) groups is 6. The van der Waals surface area contributed by atoms with Crippen LogP contribution in [0, 0.1) is 5.92 Å². The second-order valence-corrected chi connectivity index (χ2v) is 7.30. The molecule has 13 heteroatoms. The van der Waals surface area contributed by atoms with Gasteiger partial charge in [0.1, 0.15) is 18.1 Å². The molecule has 0 aliphatic heterocycles. The van der Waals surface area contributed by atoms with Crippen LogP contribution < -0.4 is 33.2 Å². The maximum atomic E-state index is 12.7. The third-order valence-corrected chi connectivity index (χ3v) is 4.54. The molecule has 0 heterocycles. The quantitative estimate of drug-likeness (QED) is 0.146. The Balaban J connectivity index is 5.51. The van der Waals surface area contributed by atoms with Gasteiger partial charge in [0.15, 0.2) is 0 Å². The van der Waals surface area contributed by atoms with Crippen LogP contribution in [0.25, 0.3) is 0 Å². The summed E-state index contributed by atoms with van der Waals surface area (Å²) in [6.45, 7) is 4.77. The van der Waals surface area contributed by atoms with Gasteiger partial charge in [-0.1, -0.05) is 20.3 Å². The summed E-state index contributed by atoms with van der Waals surface area (Å²) in [7, 11) is 0. The number of amides is 5. The minimum atomic E-state index is -1.40. The summed E-state index contributed by atoms with van der Waals surface area (Å²) in [4.78, 5) is 70.8. The lowest BCUT2D eigenvalue weighted by Crippen LogP contribution is -2.59. The fourth-order valence-electron chi connectivity index (χ4n) is 2.47. The molecular formula is C18H32N6O7. The fourth-order valence-corrected chi connectivity index (χ4v) is 2.47. The minimum absolute atomic E-state index is 0.230. The van der Waals surface area contributed by atoms with E-state index in [2.05, 4.69) is 16.0 Å². The van der Waals surface area contributed by atoms with Crippen molar-refractivity contribution in [1.82, 2.24) is 16.0 Å². The summed E-state index contributed by atoms with van der Waals surface area (Å²) in [6.07, 6.45) is -0.590. The topological polar surface area (TPSA) is 237 Å². The molecule has 0 bridgehead atoms. The largest absolute Gasteiger partial charge is 0.480 e. The van der Waals surface area contributed by atoms with Crippen LogP contribution in [0.1, 0.15) is 46.5 Å². The first-order chi connectivity index (χ1) is 14.3. The van der Waals surface area contributed by atoms with Crippen molar-refractivity contribution in [2.45, 2.75) is 70.6 Å². The van der Waals surface area contributed by atoms with Gasteiger partial charge in [-0.05, 0) is 19.3 Å². The summed E-state index contributed by atoms with van der Waals surface area (Å²) < 4.78 is 0. The monoisotopic (exact) mass is 444 g/mol. The van der Waals surface area contributed by atoms with E-state index in [-0.39, 0.29) is 12.8 Å². The van der Waals surface area contributed by atoms with Crippen molar-refractivity contribution in [1.29, 1.82) is 0 Å². The van der Waals surface area contributed by atoms with Gasteiger partial charge in [0.2, 0.25) is 29.5 Å². The Morgan fingerprint density at radius 2 is 1.39 bits per heavy atom. The van der Waals surface area contributed by atoms with Gasteiger partial charge >= 0.3 is 5.97 Å². The van der Waals surface area contributed by atoms with Crippen molar-refractivity contribution in [3.63, 3.8) is 0 Å². The Hall–Kier alpha value is -3.22. The molecule has 5 atom stereocenters. The molecule has 0 radical (unpaired) electrons. The molecule has 0 aliphatic rings. The molecule has 0 fully saturated rings. The molecule has 0 spiro atoms. The van der Waals surface area contributed by atoms with E-state index in [1.165, 1.54) is 6.92 Å². The van der Waals surface area contributed by atoms with Crippen molar-refractivity contribution in [3.05, 3.63) is 0 Å². The summed E-state index contributed by atoms with van der Waals surface area (Å²) in [5, 5.41) is 16.3. The van der Waals surface area contributed by atoms with E-state index in [1.807, 2.05) is 0 Å². The van der Waals surface area contributed by atoms with Crippen LogP contribution in [0.2, 0.25) is 0 Å². The molecule has 0 aromatic heterocycles. The van der Waals surface area contributed by atoms with Crippen LogP contribution in [0.5, 0.6) is 0 Å². The maximum Gasteiger partial charge on any atom is 0.326 e. The van der Waals surface area contributed by atoms with Crippen molar-refractivity contribution in [2.24, 2.45) is 23.1 Å². The first kappa shape index (κ1) is 27.8. The number of hydrogen-bond acceptors (Lipinski definition) is 7. The molecule has 0 saturated heterocycles. The van der Waals surface area contributed by atoms with Crippen LogP contribution in [-0.4, -0.2) is 64.8 Å². The normalized spacial score (nSPS) is 15.5. The molecule has 0 aliphatic carbocycles. The van der Waals surface area contributed by atoms with Crippen LogP contribution in [0.15, 0.2) is 0 Å². The minimum Gasteiger partial charge on any atom is -0.480 e. The average Bonchev–Trinajstić information content (AvgIpc) is 2.66. The van der Waals surface area contributed by atoms with Gasteiger partial charge in [-0.3, -0.25) is 24.0 Å². The maximum absolute atomic E-state index is 12.7. The molecule has 31 heavy (non-hydrogen) atoms. The predicted octanol–water partition coefficient (Wildman–Crippen LogP) is -2.94. The lowest BCUT2D eigenvalue weighted by atomic mass is 9.97. The smallest absolute Gasteiger partial charge is 0.326 e. The number of primary amides is 2. The summed E-state index contributed by atoms with van der Waals surface area (Å²) in [6, 6.07) is -4.92. The number of nitrogens with two attached hydrogens (primary N) is 3. The lowest BCUT2D eigenvalue weighted by Gasteiger charge is -2.27. The molecule has 5 unspecified atom stereocenters. The zero-order chi connectivity index (χ0) is 24.3. The number of aliphatic carboxylic acids is 1. The zero-order valence-electron chi connectivity index (χ0n) is 17.8. The fraction of sp³-hybridized carbons (Fsp3) is 0.667. The van der Waals surface area contributed by atoms with Crippen LogP contribution in [-0.2, 0) is 28.8 Å². The molecular weight excluding hydrogens is 412 g/mol. The van der Waals surface area contributed by atoms with Crippen LogP contribution in [0.4, 0.5) is 0 Å². The number of carboxylic acids is 1. The third-order valence-electron chi connectivity index (χ3n) is 4.54. The highest BCUT2D eigenvalue weighted by Gasteiger charge is 2.33. The molecule has 10 N–H and O–H groups in total. The van der Waals surface area contributed by atoms with Crippen LogP contribution in [0.3, 0.4) is 0 Å². The van der Waals surface area contributed by atoms with E-state index < -0.39 is 72.0 Å². The first-order valence-electron chi connectivity index (χ1n) is 9.76. The van der Waals surface area contributed by atoms with Crippen molar-refractivity contribution < 1.29 is 33.9 Å². The Kier molecular flexibility index (Phi) is 11.8. The third kappa shape index (κ3) is 10.4. The number of nitrogens with one attached hydrogen (secondary N) is 3. The second-order valence-electron chi connectivity index (χ2n) is 7.30. The Morgan fingerprint density at radius 3 is 1.81 bits per heavy atom. The highest BCUT2D eigenvalue weighted by Crippen LogP contribution is 2.10. The predicted molar refractivity (Wildman–Crippen MR) is 109 cm³/mol. The molecule has 5 amide bonds. The number of hydrogen-bond donors (Lipinski definition) is 7. The number of rotatable bonds is 14. The van der Waals surface area contributed by atoms with Crippen molar-refractivity contribution >= 4 is 35.5 Å². The molecule has 176 valence electrons. The van der Waals surface area contributed by atoms with E-state index in [0.29, 0.717) is 6.42 Å². The Labute approximate surface area is 179 Å².